The highest BCUT2D eigenvalue weighted by molar-refractivity contribution is 5.17. The zero-order chi connectivity index (χ0) is 13.6. The third-order valence-corrected chi connectivity index (χ3v) is 2.97. The predicted molar refractivity (Wildman–Crippen MR) is 76.4 cm³/mol. The van der Waals surface area contributed by atoms with Gasteiger partial charge in [-0.15, -0.1) is 0 Å². The first-order chi connectivity index (χ1) is 8.84. The summed E-state index contributed by atoms with van der Waals surface area (Å²) in [6.45, 7) is 2.22. The molecule has 0 amide bonds. The molecule has 0 radical (unpaired) electrons. The van der Waals surface area contributed by atoms with E-state index < -0.39 is 6.17 Å². The van der Waals surface area contributed by atoms with Crippen molar-refractivity contribution >= 4 is 0 Å². The Morgan fingerprint density at radius 3 is 2.11 bits per heavy atom. The van der Waals surface area contributed by atoms with E-state index in [1.165, 1.54) is 32.1 Å². The van der Waals surface area contributed by atoms with Gasteiger partial charge >= 0.3 is 0 Å². The van der Waals surface area contributed by atoms with Crippen molar-refractivity contribution in [3.05, 3.63) is 35.9 Å². The number of hydrogen-bond acceptors (Lipinski definition) is 1. The van der Waals surface area contributed by atoms with Gasteiger partial charge < -0.3 is 5.11 Å². The second kappa shape index (κ2) is 12.6. The van der Waals surface area contributed by atoms with Gasteiger partial charge in [0, 0.05) is 7.11 Å². The molecule has 1 rings (SSSR count). The van der Waals surface area contributed by atoms with Crippen LogP contribution in [0.4, 0.5) is 4.39 Å². The van der Waals surface area contributed by atoms with Gasteiger partial charge in [0.05, 0.1) is 0 Å². The van der Waals surface area contributed by atoms with Crippen LogP contribution in [0.1, 0.15) is 63.6 Å². The van der Waals surface area contributed by atoms with E-state index in [-0.39, 0.29) is 0 Å². The minimum Gasteiger partial charge on any atom is -0.400 e. The zero-order valence-electron chi connectivity index (χ0n) is 11.7. The van der Waals surface area contributed by atoms with Gasteiger partial charge in [0.1, 0.15) is 6.17 Å². The number of hydrogen-bond donors (Lipinski definition) is 1. The molecular weight excluding hydrogens is 227 g/mol. The number of halogens is 1. The first-order valence-corrected chi connectivity index (χ1v) is 6.98. The number of aliphatic hydroxyl groups is 1. The largest absolute Gasteiger partial charge is 0.400 e. The summed E-state index contributed by atoms with van der Waals surface area (Å²) in [6.07, 6.45) is 7.25. The van der Waals surface area contributed by atoms with Crippen LogP contribution in [-0.2, 0) is 0 Å². The molecule has 0 saturated carbocycles. The molecule has 0 fully saturated rings. The molecule has 1 aromatic carbocycles. The van der Waals surface area contributed by atoms with Crippen LogP contribution >= 0.6 is 0 Å². The van der Waals surface area contributed by atoms with Crippen molar-refractivity contribution in [3.8, 4) is 0 Å². The van der Waals surface area contributed by atoms with Gasteiger partial charge in [0.2, 0.25) is 0 Å². The molecule has 1 unspecified atom stereocenters. The van der Waals surface area contributed by atoms with Gasteiger partial charge in [0.15, 0.2) is 0 Å². The molecule has 0 saturated heterocycles. The number of rotatable bonds is 8. The molecular formula is C16H27FO. The molecule has 0 bridgehead atoms. The summed E-state index contributed by atoms with van der Waals surface area (Å²) in [5.41, 5.74) is 0.830. The number of aliphatic hydroxyl groups excluding tert-OH is 1. The van der Waals surface area contributed by atoms with Crippen molar-refractivity contribution in [2.45, 2.75) is 58.0 Å². The second-order valence-corrected chi connectivity index (χ2v) is 4.43. The lowest BCUT2D eigenvalue weighted by Crippen LogP contribution is -1.91. The van der Waals surface area contributed by atoms with Crippen molar-refractivity contribution < 1.29 is 9.50 Å². The highest BCUT2D eigenvalue weighted by Crippen LogP contribution is 2.23. The maximum absolute atomic E-state index is 13.7. The van der Waals surface area contributed by atoms with Crippen LogP contribution in [0.15, 0.2) is 30.3 Å². The van der Waals surface area contributed by atoms with E-state index in [1.807, 2.05) is 30.3 Å². The second-order valence-electron chi connectivity index (χ2n) is 4.43. The lowest BCUT2D eigenvalue weighted by atomic mass is 10.0. The van der Waals surface area contributed by atoms with Gasteiger partial charge in [-0.05, 0) is 12.0 Å². The fraction of sp³-hybridized carbons (Fsp3) is 0.625. The summed E-state index contributed by atoms with van der Waals surface area (Å²) in [5.74, 6) is 0. The first kappa shape index (κ1) is 17.1. The third kappa shape index (κ3) is 8.24. The van der Waals surface area contributed by atoms with Gasteiger partial charge in [-0.1, -0.05) is 75.8 Å². The summed E-state index contributed by atoms with van der Waals surface area (Å²) in [5, 5.41) is 7.00. The third-order valence-electron chi connectivity index (χ3n) is 2.97. The van der Waals surface area contributed by atoms with Crippen molar-refractivity contribution in [1.29, 1.82) is 0 Å². The Bertz CT molecular complexity index is 261. The highest BCUT2D eigenvalue weighted by Gasteiger charge is 2.07. The van der Waals surface area contributed by atoms with Gasteiger partial charge in [-0.3, -0.25) is 0 Å². The molecule has 0 aliphatic rings. The molecule has 2 heteroatoms. The monoisotopic (exact) mass is 254 g/mol. The predicted octanol–water partition coefficient (Wildman–Crippen LogP) is 5.06. The normalized spacial score (nSPS) is 11.6. The summed E-state index contributed by atoms with van der Waals surface area (Å²) in [4.78, 5) is 0. The van der Waals surface area contributed by atoms with Crippen LogP contribution in [0.2, 0.25) is 0 Å². The SMILES string of the molecule is CCCCCCCCC(F)c1ccccc1.CO. The Morgan fingerprint density at radius 1 is 0.944 bits per heavy atom. The number of unbranched alkanes of at least 4 members (excludes halogenated alkanes) is 5. The van der Waals surface area contributed by atoms with E-state index >= 15 is 0 Å². The highest BCUT2D eigenvalue weighted by atomic mass is 19.1. The lowest BCUT2D eigenvalue weighted by molar-refractivity contribution is 0.312. The van der Waals surface area contributed by atoms with E-state index in [0.717, 1.165) is 19.1 Å². The van der Waals surface area contributed by atoms with Crippen LogP contribution in [0.3, 0.4) is 0 Å². The Hall–Kier alpha value is -0.890. The minimum absolute atomic E-state index is 0.677. The van der Waals surface area contributed by atoms with Crippen LogP contribution in [-0.4, -0.2) is 12.2 Å². The maximum Gasteiger partial charge on any atom is 0.125 e. The van der Waals surface area contributed by atoms with Crippen molar-refractivity contribution in [1.82, 2.24) is 0 Å². The van der Waals surface area contributed by atoms with E-state index in [0.29, 0.717) is 6.42 Å². The molecule has 0 heterocycles. The number of benzene rings is 1. The fourth-order valence-electron chi connectivity index (χ4n) is 1.93. The molecule has 104 valence electrons. The summed E-state index contributed by atoms with van der Waals surface area (Å²) >= 11 is 0. The Labute approximate surface area is 111 Å². The molecule has 0 aromatic heterocycles. The molecule has 1 atom stereocenters. The van der Waals surface area contributed by atoms with Crippen molar-refractivity contribution in [2.75, 3.05) is 7.11 Å². The Morgan fingerprint density at radius 2 is 1.50 bits per heavy atom. The van der Waals surface area contributed by atoms with E-state index in [9.17, 15) is 4.39 Å². The maximum atomic E-state index is 13.7. The molecule has 0 aliphatic carbocycles. The lowest BCUT2D eigenvalue weighted by Gasteiger charge is -2.07. The van der Waals surface area contributed by atoms with Crippen molar-refractivity contribution in [3.63, 3.8) is 0 Å². The quantitative estimate of drug-likeness (QED) is 0.643. The summed E-state index contributed by atoms with van der Waals surface area (Å²) < 4.78 is 13.7. The Kier molecular flexibility index (Phi) is 11.9. The number of alkyl halides is 1. The standard InChI is InChI=1S/C15H23F.CH4O/c1-2-3-4-5-6-10-13-15(16)14-11-8-7-9-12-14;1-2/h7-9,11-12,15H,2-6,10,13H2,1H3;2H,1H3. The molecule has 1 nitrogen and oxygen atoms in total. The van der Waals surface area contributed by atoms with Crippen LogP contribution in [0.25, 0.3) is 0 Å². The van der Waals surface area contributed by atoms with Gasteiger partial charge in [-0.2, -0.15) is 0 Å². The molecule has 0 spiro atoms. The first-order valence-electron chi connectivity index (χ1n) is 6.98. The molecule has 1 aromatic rings. The fourth-order valence-corrected chi connectivity index (χ4v) is 1.93. The van der Waals surface area contributed by atoms with E-state index in [1.54, 1.807) is 0 Å². The average molecular weight is 254 g/mol. The average Bonchev–Trinajstić information content (AvgIpc) is 2.45. The topological polar surface area (TPSA) is 20.2 Å². The van der Waals surface area contributed by atoms with Crippen molar-refractivity contribution in [2.24, 2.45) is 0 Å². The zero-order valence-corrected chi connectivity index (χ0v) is 11.7. The molecule has 0 aliphatic heterocycles. The molecule has 18 heavy (non-hydrogen) atoms. The van der Waals surface area contributed by atoms with Crippen LogP contribution in [0.5, 0.6) is 0 Å². The van der Waals surface area contributed by atoms with Crippen LogP contribution < -0.4 is 0 Å². The van der Waals surface area contributed by atoms with E-state index in [2.05, 4.69) is 6.92 Å². The summed E-state index contributed by atoms with van der Waals surface area (Å²) in [6, 6.07) is 9.50. The van der Waals surface area contributed by atoms with E-state index in [4.69, 9.17) is 5.11 Å². The van der Waals surface area contributed by atoms with Gasteiger partial charge in [0.25, 0.3) is 0 Å². The van der Waals surface area contributed by atoms with Gasteiger partial charge in [-0.25, -0.2) is 4.39 Å². The minimum atomic E-state index is -0.771. The van der Waals surface area contributed by atoms with Crippen LogP contribution in [0, 0.1) is 0 Å². The summed E-state index contributed by atoms with van der Waals surface area (Å²) in [7, 11) is 1.00. The molecule has 1 N–H and O–H groups in total. The smallest absolute Gasteiger partial charge is 0.125 e. The Balaban J connectivity index is 0.00000137.